The molecule has 0 radical (unpaired) electrons. The molecule has 72 valence electrons. The summed E-state index contributed by atoms with van der Waals surface area (Å²) in [5, 5.41) is 9.59. The van der Waals surface area contributed by atoms with Crippen LogP contribution in [0.4, 0.5) is 4.39 Å². The van der Waals surface area contributed by atoms with Crippen molar-refractivity contribution in [1.82, 2.24) is 0 Å². The third-order valence-corrected chi connectivity index (χ3v) is 2.27. The van der Waals surface area contributed by atoms with E-state index in [-0.39, 0.29) is 5.82 Å². The minimum Gasteiger partial charge on any atom is -0.388 e. The van der Waals surface area contributed by atoms with Crippen LogP contribution >= 0.6 is 0 Å². The first kappa shape index (κ1) is 10.2. The molecule has 0 saturated heterocycles. The number of aliphatic hydroxyl groups excluding tert-OH is 1. The van der Waals surface area contributed by atoms with Gasteiger partial charge in [-0.2, -0.15) is 0 Å². The zero-order chi connectivity index (χ0) is 10.0. The van der Waals surface area contributed by atoms with Crippen molar-refractivity contribution in [3.63, 3.8) is 0 Å². The van der Waals surface area contributed by atoms with Gasteiger partial charge in [0.1, 0.15) is 5.82 Å². The first-order valence-electron chi connectivity index (χ1n) is 4.51. The van der Waals surface area contributed by atoms with Crippen LogP contribution in [0.1, 0.15) is 36.1 Å². The Labute approximate surface area is 78.2 Å². The Kier molecular flexibility index (Phi) is 3.04. The molecule has 1 atom stereocenters. The van der Waals surface area contributed by atoms with E-state index < -0.39 is 6.10 Å². The highest BCUT2D eigenvalue weighted by Crippen LogP contribution is 2.23. The second-order valence-electron chi connectivity index (χ2n) is 3.39. The Hall–Kier alpha value is -0.890. The van der Waals surface area contributed by atoms with Crippen LogP contribution in [0.25, 0.3) is 0 Å². The first-order chi connectivity index (χ1) is 6.06. The van der Waals surface area contributed by atoms with Crippen LogP contribution in [0.2, 0.25) is 0 Å². The largest absolute Gasteiger partial charge is 0.388 e. The van der Waals surface area contributed by atoms with Gasteiger partial charge in [0.05, 0.1) is 6.10 Å². The van der Waals surface area contributed by atoms with Crippen LogP contribution in [0.5, 0.6) is 0 Å². The van der Waals surface area contributed by atoms with Crippen molar-refractivity contribution in [3.8, 4) is 0 Å². The summed E-state index contributed by atoms with van der Waals surface area (Å²) >= 11 is 0. The summed E-state index contributed by atoms with van der Waals surface area (Å²) in [5.41, 5.74) is 2.12. The molecular formula is C11H15FO. The lowest BCUT2D eigenvalue weighted by atomic mass is 9.99. The van der Waals surface area contributed by atoms with E-state index in [1.54, 1.807) is 6.92 Å². The SMILES string of the molecule is CCC(O)c1cc(C)cc(F)c1C. The van der Waals surface area contributed by atoms with E-state index in [9.17, 15) is 9.50 Å². The minimum atomic E-state index is -0.547. The van der Waals surface area contributed by atoms with E-state index in [0.717, 1.165) is 5.56 Å². The number of rotatable bonds is 2. The Bertz CT molecular complexity index is 307. The zero-order valence-electron chi connectivity index (χ0n) is 8.26. The molecule has 0 aliphatic heterocycles. The quantitative estimate of drug-likeness (QED) is 0.745. The highest BCUT2D eigenvalue weighted by atomic mass is 19.1. The minimum absolute atomic E-state index is 0.234. The van der Waals surface area contributed by atoms with Gasteiger partial charge in [-0.1, -0.05) is 13.0 Å². The van der Waals surface area contributed by atoms with Crippen molar-refractivity contribution in [2.45, 2.75) is 33.3 Å². The van der Waals surface area contributed by atoms with Crippen molar-refractivity contribution in [2.75, 3.05) is 0 Å². The molecule has 0 aromatic heterocycles. The van der Waals surface area contributed by atoms with E-state index in [2.05, 4.69) is 0 Å². The third kappa shape index (κ3) is 2.07. The maximum atomic E-state index is 13.2. The second-order valence-corrected chi connectivity index (χ2v) is 3.39. The molecule has 0 aliphatic carbocycles. The summed E-state index contributed by atoms with van der Waals surface area (Å²) < 4.78 is 13.2. The van der Waals surface area contributed by atoms with Crippen LogP contribution in [0.15, 0.2) is 12.1 Å². The molecule has 1 aromatic carbocycles. The molecule has 1 rings (SSSR count). The van der Waals surface area contributed by atoms with Crippen LogP contribution in [0, 0.1) is 19.7 Å². The standard InChI is InChI=1S/C11H15FO/c1-4-11(13)9-5-7(2)6-10(12)8(9)3/h5-6,11,13H,4H2,1-3H3. The predicted octanol–water partition coefficient (Wildman–Crippen LogP) is 2.89. The van der Waals surface area contributed by atoms with Crippen molar-refractivity contribution in [3.05, 3.63) is 34.6 Å². The van der Waals surface area contributed by atoms with Gasteiger partial charge >= 0.3 is 0 Å². The summed E-state index contributed by atoms with van der Waals surface area (Å²) in [6.45, 7) is 5.40. The fraction of sp³-hybridized carbons (Fsp3) is 0.455. The molecule has 1 N–H and O–H groups in total. The van der Waals surface area contributed by atoms with Crippen molar-refractivity contribution in [2.24, 2.45) is 0 Å². The Morgan fingerprint density at radius 2 is 2.00 bits per heavy atom. The lowest BCUT2D eigenvalue weighted by Gasteiger charge is -2.13. The number of benzene rings is 1. The summed E-state index contributed by atoms with van der Waals surface area (Å²) in [7, 11) is 0. The van der Waals surface area contributed by atoms with Crippen molar-refractivity contribution >= 4 is 0 Å². The van der Waals surface area contributed by atoms with E-state index in [1.165, 1.54) is 6.07 Å². The zero-order valence-corrected chi connectivity index (χ0v) is 8.26. The van der Waals surface area contributed by atoms with Crippen LogP contribution < -0.4 is 0 Å². The molecule has 0 fully saturated rings. The third-order valence-electron chi connectivity index (χ3n) is 2.27. The number of aliphatic hydroxyl groups is 1. The number of aryl methyl sites for hydroxylation is 1. The van der Waals surface area contributed by atoms with Gasteiger partial charge in [-0.15, -0.1) is 0 Å². The Balaban J connectivity index is 3.20. The van der Waals surface area contributed by atoms with Gasteiger partial charge in [-0.3, -0.25) is 0 Å². The molecule has 1 unspecified atom stereocenters. The van der Waals surface area contributed by atoms with E-state index in [0.29, 0.717) is 17.5 Å². The average Bonchev–Trinajstić information content (AvgIpc) is 2.10. The molecule has 0 amide bonds. The van der Waals surface area contributed by atoms with Crippen LogP contribution in [-0.2, 0) is 0 Å². The van der Waals surface area contributed by atoms with Crippen molar-refractivity contribution in [1.29, 1.82) is 0 Å². The predicted molar refractivity (Wildman–Crippen MR) is 51.1 cm³/mol. The molecule has 0 spiro atoms. The summed E-state index contributed by atoms with van der Waals surface area (Å²) in [5.74, 6) is -0.234. The number of hydrogen-bond donors (Lipinski definition) is 1. The second kappa shape index (κ2) is 3.88. The van der Waals surface area contributed by atoms with Gasteiger partial charge in [0.2, 0.25) is 0 Å². The molecule has 1 nitrogen and oxygen atoms in total. The van der Waals surface area contributed by atoms with Crippen LogP contribution in [0.3, 0.4) is 0 Å². The number of halogens is 1. The molecule has 0 saturated carbocycles. The maximum absolute atomic E-state index is 13.2. The molecule has 2 heteroatoms. The number of hydrogen-bond acceptors (Lipinski definition) is 1. The van der Waals surface area contributed by atoms with Gasteiger partial charge in [-0.25, -0.2) is 4.39 Å². The van der Waals surface area contributed by atoms with Gasteiger partial charge in [-0.05, 0) is 43.0 Å². The molecule has 13 heavy (non-hydrogen) atoms. The molecule has 0 heterocycles. The lowest BCUT2D eigenvalue weighted by molar-refractivity contribution is 0.172. The summed E-state index contributed by atoms with van der Waals surface area (Å²) in [4.78, 5) is 0. The maximum Gasteiger partial charge on any atom is 0.126 e. The molecular weight excluding hydrogens is 167 g/mol. The van der Waals surface area contributed by atoms with Gasteiger partial charge in [0.25, 0.3) is 0 Å². The topological polar surface area (TPSA) is 20.2 Å². The normalized spacial score (nSPS) is 13.0. The summed E-state index contributed by atoms with van der Waals surface area (Å²) in [6.07, 6.45) is 0.0680. The van der Waals surface area contributed by atoms with E-state index in [1.807, 2.05) is 19.9 Å². The molecule has 1 aromatic rings. The fourth-order valence-corrected chi connectivity index (χ4v) is 1.41. The van der Waals surface area contributed by atoms with E-state index in [4.69, 9.17) is 0 Å². The highest BCUT2D eigenvalue weighted by Gasteiger charge is 2.11. The molecule has 0 aliphatic rings. The smallest absolute Gasteiger partial charge is 0.126 e. The average molecular weight is 182 g/mol. The van der Waals surface area contributed by atoms with Gasteiger partial charge < -0.3 is 5.11 Å². The lowest BCUT2D eigenvalue weighted by Crippen LogP contribution is -2.01. The van der Waals surface area contributed by atoms with E-state index >= 15 is 0 Å². The highest BCUT2D eigenvalue weighted by molar-refractivity contribution is 5.33. The molecule has 0 bridgehead atoms. The van der Waals surface area contributed by atoms with Gasteiger partial charge in [0.15, 0.2) is 0 Å². The Morgan fingerprint density at radius 1 is 1.38 bits per heavy atom. The monoisotopic (exact) mass is 182 g/mol. The Morgan fingerprint density at radius 3 is 2.54 bits per heavy atom. The fourth-order valence-electron chi connectivity index (χ4n) is 1.41. The van der Waals surface area contributed by atoms with Gasteiger partial charge in [0, 0.05) is 0 Å². The van der Waals surface area contributed by atoms with Crippen molar-refractivity contribution < 1.29 is 9.50 Å². The summed E-state index contributed by atoms with van der Waals surface area (Å²) in [6, 6.07) is 3.33. The van der Waals surface area contributed by atoms with Crippen LogP contribution in [-0.4, -0.2) is 5.11 Å². The first-order valence-corrected chi connectivity index (χ1v) is 4.51.